The van der Waals surface area contributed by atoms with Crippen LogP contribution < -0.4 is 11.1 Å². The summed E-state index contributed by atoms with van der Waals surface area (Å²) in [6, 6.07) is 10.9. The summed E-state index contributed by atoms with van der Waals surface area (Å²) in [5.41, 5.74) is 7.38. The van der Waals surface area contributed by atoms with Crippen LogP contribution in [-0.2, 0) is 11.3 Å². The molecule has 1 aliphatic carbocycles. The average molecular weight is 468 g/mol. The van der Waals surface area contributed by atoms with E-state index in [1.165, 1.54) is 5.56 Å². The van der Waals surface area contributed by atoms with Crippen molar-refractivity contribution in [2.24, 2.45) is 11.7 Å². The van der Waals surface area contributed by atoms with Gasteiger partial charge < -0.3 is 16.0 Å². The Kier molecular flexibility index (Phi) is 15.0. The van der Waals surface area contributed by atoms with Crippen molar-refractivity contribution < 1.29 is 4.79 Å². The second-order valence-corrected chi connectivity index (χ2v) is 7.87. The Hall–Kier alpha value is -0.560. The molecular weight excluding hydrogens is 431 g/mol. The number of rotatable bonds is 7. The second-order valence-electron chi connectivity index (χ2n) is 7.87. The highest BCUT2D eigenvalue weighted by Gasteiger charge is 2.25. The first-order valence-corrected chi connectivity index (χ1v) is 10.2. The van der Waals surface area contributed by atoms with Gasteiger partial charge in [-0.05, 0) is 37.8 Å². The third-order valence-electron chi connectivity index (χ3n) is 5.75. The van der Waals surface area contributed by atoms with Crippen molar-refractivity contribution in [1.29, 1.82) is 0 Å². The smallest absolute Gasteiger partial charge is 0.223 e. The van der Waals surface area contributed by atoms with Crippen molar-refractivity contribution in [2.75, 3.05) is 39.3 Å². The van der Waals surface area contributed by atoms with Crippen molar-refractivity contribution in [3.8, 4) is 0 Å². The molecule has 2 fully saturated rings. The number of piperazine rings is 1. The van der Waals surface area contributed by atoms with Gasteiger partial charge in [0.05, 0.1) is 0 Å². The number of nitrogens with zero attached hydrogens (tertiary/aromatic N) is 2. The van der Waals surface area contributed by atoms with Crippen LogP contribution in [0.15, 0.2) is 30.3 Å². The van der Waals surface area contributed by atoms with E-state index < -0.39 is 0 Å². The zero-order valence-electron chi connectivity index (χ0n) is 17.1. The molecule has 168 valence electrons. The van der Waals surface area contributed by atoms with E-state index in [0.29, 0.717) is 0 Å². The van der Waals surface area contributed by atoms with Gasteiger partial charge in [0.15, 0.2) is 0 Å². The number of nitrogens with two attached hydrogens (primary N) is 1. The molecule has 1 aliphatic heterocycles. The van der Waals surface area contributed by atoms with E-state index in [1.807, 2.05) is 0 Å². The van der Waals surface area contributed by atoms with Crippen molar-refractivity contribution >= 4 is 43.1 Å². The molecule has 2 aliphatic rings. The number of carbonyl (C=O) groups excluding carboxylic acids is 1. The molecule has 1 aromatic carbocycles. The first kappa shape index (κ1) is 28.4. The molecule has 29 heavy (non-hydrogen) atoms. The van der Waals surface area contributed by atoms with Gasteiger partial charge in [-0.25, -0.2) is 0 Å². The minimum Gasteiger partial charge on any atom is -0.356 e. The van der Waals surface area contributed by atoms with Gasteiger partial charge in [0.2, 0.25) is 5.91 Å². The molecule has 2 atom stereocenters. The van der Waals surface area contributed by atoms with Crippen LogP contribution >= 0.6 is 37.2 Å². The van der Waals surface area contributed by atoms with Gasteiger partial charge in [-0.3, -0.25) is 9.69 Å². The summed E-state index contributed by atoms with van der Waals surface area (Å²) >= 11 is 0. The van der Waals surface area contributed by atoms with Gasteiger partial charge >= 0.3 is 0 Å². The highest BCUT2D eigenvalue weighted by molar-refractivity contribution is 5.86. The standard InChI is InChI=1S/C21H34N4O.3ClH/c22-20-9-4-8-19(16-20)21(26)23-10-5-11-24-12-14-25(15-13-24)17-18-6-2-1-3-7-18;;;/h1-3,6-7,19-20H,4-5,8-17,22H2,(H,23,26);3*1H. The highest BCUT2D eigenvalue weighted by atomic mass is 35.5. The fourth-order valence-corrected chi connectivity index (χ4v) is 4.14. The first-order chi connectivity index (χ1) is 12.7. The van der Waals surface area contributed by atoms with Gasteiger partial charge in [0, 0.05) is 51.2 Å². The number of halogens is 3. The van der Waals surface area contributed by atoms with Crippen LogP contribution in [0.4, 0.5) is 0 Å². The number of amides is 1. The van der Waals surface area contributed by atoms with Crippen LogP contribution in [0.2, 0.25) is 0 Å². The molecule has 1 heterocycles. The maximum Gasteiger partial charge on any atom is 0.223 e. The third-order valence-corrected chi connectivity index (χ3v) is 5.75. The van der Waals surface area contributed by atoms with Crippen molar-refractivity contribution in [1.82, 2.24) is 15.1 Å². The summed E-state index contributed by atoms with van der Waals surface area (Å²) < 4.78 is 0. The molecule has 3 rings (SSSR count). The molecule has 8 heteroatoms. The van der Waals surface area contributed by atoms with E-state index in [1.54, 1.807) is 0 Å². The lowest BCUT2D eigenvalue weighted by atomic mass is 9.85. The molecular formula is C21H37Cl3N4O. The fraction of sp³-hybridized carbons (Fsp3) is 0.667. The van der Waals surface area contributed by atoms with Crippen LogP contribution in [0, 0.1) is 5.92 Å². The van der Waals surface area contributed by atoms with E-state index in [2.05, 4.69) is 45.4 Å². The first-order valence-electron chi connectivity index (χ1n) is 10.2. The quantitative estimate of drug-likeness (QED) is 0.605. The predicted octanol–water partition coefficient (Wildman–Crippen LogP) is 3.09. The Morgan fingerprint density at radius 2 is 1.66 bits per heavy atom. The van der Waals surface area contributed by atoms with Gasteiger partial charge in [-0.2, -0.15) is 0 Å². The van der Waals surface area contributed by atoms with Crippen molar-refractivity contribution in [3.05, 3.63) is 35.9 Å². The Labute approximate surface area is 194 Å². The zero-order chi connectivity index (χ0) is 18.2. The minimum absolute atomic E-state index is 0. The molecule has 1 amide bonds. The van der Waals surface area contributed by atoms with E-state index >= 15 is 0 Å². The molecule has 0 radical (unpaired) electrons. The van der Waals surface area contributed by atoms with Gasteiger partial charge in [0.25, 0.3) is 0 Å². The summed E-state index contributed by atoms with van der Waals surface area (Å²) in [6.45, 7) is 7.41. The number of hydrogen-bond acceptors (Lipinski definition) is 4. The largest absolute Gasteiger partial charge is 0.356 e. The lowest BCUT2D eigenvalue weighted by Crippen LogP contribution is -2.46. The van der Waals surface area contributed by atoms with Gasteiger partial charge in [0.1, 0.15) is 0 Å². The van der Waals surface area contributed by atoms with Crippen LogP contribution in [0.1, 0.15) is 37.7 Å². The third kappa shape index (κ3) is 9.86. The lowest BCUT2D eigenvalue weighted by Gasteiger charge is -2.34. The molecule has 0 aromatic heterocycles. The molecule has 0 bridgehead atoms. The second kappa shape index (κ2) is 15.3. The number of hydrogen-bond donors (Lipinski definition) is 2. The average Bonchev–Trinajstić information content (AvgIpc) is 2.67. The van der Waals surface area contributed by atoms with E-state index in [-0.39, 0.29) is 55.1 Å². The highest BCUT2D eigenvalue weighted by Crippen LogP contribution is 2.23. The Morgan fingerprint density at radius 1 is 1.00 bits per heavy atom. The summed E-state index contributed by atoms with van der Waals surface area (Å²) in [5, 5.41) is 3.12. The molecule has 0 spiro atoms. The number of nitrogens with one attached hydrogen (secondary N) is 1. The Morgan fingerprint density at radius 3 is 2.31 bits per heavy atom. The molecule has 1 aromatic rings. The molecule has 1 saturated heterocycles. The molecule has 2 unspecified atom stereocenters. The number of benzene rings is 1. The molecule has 1 saturated carbocycles. The summed E-state index contributed by atoms with van der Waals surface area (Å²) in [7, 11) is 0. The Balaban J connectivity index is 0.00000261. The maximum atomic E-state index is 12.2. The van der Waals surface area contributed by atoms with E-state index in [9.17, 15) is 4.79 Å². The van der Waals surface area contributed by atoms with Gasteiger partial charge in [-0.1, -0.05) is 36.8 Å². The summed E-state index contributed by atoms with van der Waals surface area (Å²) in [6.07, 6.45) is 5.05. The van der Waals surface area contributed by atoms with E-state index in [0.717, 1.165) is 77.9 Å². The summed E-state index contributed by atoms with van der Waals surface area (Å²) in [5.74, 6) is 0.355. The van der Waals surface area contributed by atoms with Crippen molar-refractivity contribution in [2.45, 2.75) is 44.7 Å². The molecule has 5 nitrogen and oxygen atoms in total. The predicted molar refractivity (Wildman–Crippen MR) is 127 cm³/mol. The Bertz CT molecular complexity index is 556. The van der Waals surface area contributed by atoms with Crippen LogP contribution in [0.3, 0.4) is 0 Å². The van der Waals surface area contributed by atoms with Gasteiger partial charge in [-0.15, -0.1) is 37.2 Å². The van der Waals surface area contributed by atoms with E-state index in [4.69, 9.17) is 5.73 Å². The topological polar surface area (TPSA) is 61.6 Å². The fourth-order valence-electron chi connectivity index (χ4n) is 4.14. The van der Waals surface area contributed by atoms with Crippen LogP contribution in [0.5, 0.6) is 0 Å². The lowest BCUT2D eigenvalue weighted by molar-refractivity contribution is -0.126. The molecule has 3 N–H and O–H groups in total. The normalized spacial score (nSPS) is 22.5. The van der Waals surface area contributed by atoms with Crippen molar-refractivity contribution in [3.63, 3.8) is 0 Å². The maximum absolute atomic E-state index is 12.2. The van der Waals surface area contributed by atoms with Crippen LogP contribution in [0.25, 0.3) is 0 Å². The number of carbonyl (C=O) groups is 1. The zero-order valence-corrected chi connectivity index (χ0v) is 19.6. The SMILES string of the molecule is Cl.Cl.Cl.NC1CCCC(C(=O)NCCCN2CCN(Cc3ccccc3)CC2)C1. The van der Waals surface area contributed by atoms with Crippen LogP contribution in [-0.4, -0.2) is 61.0 Å². The summed E-state index contributed by atoms with van der Waals surface area (Å²) in [4.78, 5) is 17.3. The monoisotopic (exact) mass is 466 g/mol. The minimum atomic E-state index is 0.